The van der Waals surface area contributed by atoms with Crippen LogP contribution in [0, 0.1) is 6.92 Å². The SMILES string of the molecule is Cc1ccc(Br)cc1NC(=O)c1ccc(O)c(Cl)c1. The second kappa shape index (κ2) is 5.63. The van der Waals surface area contributed by atoms with Crippen LogP contribution in [0.5, 0.6) is 5.75 Å². The Kier molecular flexibility index (Phi) is 4.12. The molecular formula is C14H11BrClNO2. The standard InChI is InChI=1S/C14H11BrClNO2/c1-8-2-4-10(15)7-12(8)17-14(19)9-3-5-13(18)11(16)6-9/h2-7,18H,1H3,(H,17,19). The molecule has 0 unspecified atom stereocenters. The van der Waals surface area contributed by atoms with Crippen LogP contribution in [0.1, 0.15) is 15.9 Å². The fourth-order valence-corrected chi connectivity index (χ4v) is 2.11. The lowest BCUT2D eigenvalue weighted by Crippen LogP contribution is -2.12. The minimum atomic E-state index is -0.275. The monoisotopic (exact) mass is 339 g/mol. The molecule has 0 fully saturated rings. The Labute approximate surface area is 124 Å². The number of carbonyl (C=O) groups excluding carboxylic acids is 1. The number of halogens is 2. The first-order chi connectivity index (χ1) is 8.97. The van der Waals surface area contributed by atoms with Gasteiger partial charge in [-0.2, -0.15) is 0 Å². The van der Waals surface area contributed by atoms with Crippen molar-refractivity contribution in [3.8, 4) is 5.75 Å². The van der Waals surface area contributed by atoms with Crippen molar-refractivity contribution in [3.63, 3.8) is 0 Å². The van der Waals surface area contributed by atoms with Gasteiger partial charge in [-0.1, -0.05) is 33.6 Å². The van der Waals surface area contributed by atoms with Crippen LogP contribution in [0.3, 0.4) is 0 Å². The van der Waals surface area contributed by atoms with Crippen LogP contribution in [0.15, 0.2) is 40.9 Å². The van der Waals surface area contributed by atoms with Crippen molar-refractivity contribution in [2.24, 2.45) is 0 Å². The summed E-state index contributed by atoms with van der Waals surface area (Å²) in [4.78, 5) is 12.1. The lowest BCUT2D eigenvalue weighted by atomic mass is 10.1. The summed E-state index contributed by atoms with van der Waals surface area (Å²) in [5.41, 5.74) is 2.08. The summed E-state index contributed by atoms with van der Waals surface area (Å²) in [6.07, 6.45) is 0. The molecule has 0 atom stereocenters. The highest BCUT2D eigenvalue weighted by Crippen LogP contribution is 2.25. The molecule has 0 aliphatic rings. The van der Waals surface area contributed by atoms with E-state index in [2.05, 4.69) is 21.2 Å². The fraction of sp³-hybridized carbons (Fsp3) is 0.0714. The molecule has 0 saturated carbocycles. The average Bonchev–Trinajstić information content (AvgIpc) is 2.37. The van der Waals surface area contributed by atoms with E-state index < -0.39 is 0 Å². The molecule has 0 aliphatic carbocycles. The molecular weight excluding hydrogens is 330 g/mol. The number of hydrogen-bond acceptors (Lipinski definition) is 2. The minimum Gasteiger partial charge on any atom is -0.506 e. The summed E-state index contributed by atoms with van der Waals surface area (Å²) in [5, 5.41) is 12.3. The van der Waals surface area contributed by atoms with E-state index in [0.717, 1.165) is 15.7 Å². The van der Waals surface area contributed by atoms with Crippen LogP contribution in [-0.4, -0.2) is 11.0 Å². The molecule has 19 heavy (non-hydrogen) atoms. The Morgan fingerprint density at radius 3 is 2.68 bits per heavy atom. The van der Waals surface area contributed by atoms with E-state index in [1.807, 2.05) is 25.1 Å². The Morgan fingerprint density at radius 1 is 1.26 bits per heavy atom. The number of carbonyl (C=O) groups is 1. The number of phenolic OH excluding ortho intramolecular Hbond substituents is 1. The summed E-state index contributed by atoms with van der Waals surface area (Å²) in [7, 11) is 0. The van der Waals surface area contributed by atoms with Gasteiger partial charge in [-0.25, -0.2) is 0 Å². The van der Waals surface area contributed by atoms with Crippen molar-refractivity contribution >= 4 is 39.1 Å². The first-order valence-corrected chi connectivity index (χ1v) is 6.70. The van der Waals surface area contributed by atoms with E-state index in [1.165, 1.54) is 18.2 Å². The van der Waals surface area contributed by atoms with E-state index in [-0.39, 0.29) is 16.7 Å². The van der Waals surface area contributed by atoms with Crippen molar-refractivity contribution < 1.29 is 9.90 Å². The Balaban J connectivity index is 2.25. The van der Waals surface area contributed by atoms with Crippen LogP contribution < -0.4 is 5.32 Å². The van der Waals surface area contributed by atoms with Gasteiger partial charge in [0.15, 0.2) is 0 Å². The van der Waals surface area contributed by atoms with Gasteiger partial charge >= 0.3 is 0 Å². The smallest absolute Gasteiger partial charge is 0.255 e. The molecule has 1 amide bonds. The molecule has 2 aromatic rings. The summed E-state index contributed by atoms with van der Waals surface area (Å²) in [5.74, 6) is -0.319. The number of amides is 1. The van der Waals surface area contributed by atoms with E-state index in [0.29, 0.717) is 5.56 Å². The van der Waals surface area contributed by atoms with Crippen molar-refractivity contribution in [2.45, 2.75) is 6.92 Å². The lowest BCUT2D eigenvalue weighted by Gasteiger charge is -2.09. The summed E-state index contributed by atoms with van der Waals surface area (Å²) in [6.45, 7) is 1.91. The van der Waals surface area contributed by atoms with Gasteiger partial charge in [0.1, 0.15) is 5.75 Å². The molecule has 3 nitrogen and oxygen atoms in total. The van der Waals surface area contributed by atoms with Gasteiger partial charge in [0.2, 0.25) is 0 Å². The fourth-order valence-electron chi connectivity index (χ4n) is 1.57. The number of phenols is 1. The zero-order chi connectivity index (χ0) is 14.0. The largest absolute Gasteiger partial charge is 0.506 e. The van der Waals surface area contributed by atoms with E-state index in [4.69, 9.17) is 11.6 Å². The van der Waals surface area contributed by atoms with Crippen LogP contribution in [0.4, 0.5) is 5.69 Å². The predicted molar refractivity (Wildman–Crippen MR) is 79.9 cm³/mol. The quantitative estimate of drug-likeness (QED) is 0.853. The zero-order valence-electron chi connectivity index (χ0n) is 10.1. The number of nitrogens with one attached hydrogen (secondary N) is 1. The molecule has 2 aromatic carbocycles. The maximum atomic E-state index is 12.1. The third-order valence-electron chi connectivity index (χ3n) is 2.66. The van der Waals surface area contributed by atoms with Crippen molar-refractivity contribution in [3.05, 3.63) is 57.0 Å². The second-order valence-corrected chi connectivity index (χ2v) is 5.40. The highest BCUT2D eigenvalue weighted by Gasteiger charge is 2.10. The molecule has 0 radical (unpaired) electrons. The second-order valence-electron chi connectivity index (χ2n) is 4.08. The van der Waals surface area contributed by atoms with Crippen LogP contribution >= 0.6 is 27.5 Å². The molecule has 0 heterocycles. The van der Waals surface area contributed by atoms with Crippen molar-refractivity contribution in [2.75, 3.05) is 5.32 Å². The minimum absolute atomic E-state index is 0.0446. The third kappa shape index (κ3) is 3.28. The lowest BCUT2D eigenvalue weighted by molar-refractivity contribution is 0.102. The topological polar surface area (TPSA) is 49.3 Å². The molecule has 2 rings (SSSR count). The zero-order valence-corrected chi connectivity index (χ0v) is 12.4. The molecule has 98 valence electrons. The summed E-state index contributed by atoms with van der Waals surface area (Å²) >= 11 is 9.14. The molecule has 5 heteroatoms. The number of rotatable bonds is 2. The van der Waals surface area contributed by atoms with Crippen LogP contribution in [0.25, 0.3) is 0 Å². The molecule has 0 aliphatic heterocycles. The van der Waals surface area contributed by atoms with E-state index in [9.17, 15) is 9.90 Å². The number of aromatic hydroxyl groups is 1. The maximum absolute atomic E-state index is 12.1. The molecule has 0 bridgehead atoms. The predicted octanol–water partition coefficient (Wildman–Crippen LogP) is 4.37. The molecule has 0 aromatic heterocycles. The van der Waals surface area contributed by atoms with E-state index in [1.54, 1.807) is 0 Å². The van der Waals surface area contributed by atoms with Gasteiger partial charge in [-0.15, -0.1) is 0 Å². The summed E-state index contributed by atoms with van der Waals surface area (Å²) in [6, 6.07) is 9.98. The maximum Gasteiger partial charge on any atom is 0.255 e. The van der Waals surface area contributed by atoms with Crippen LogP contribution in [0.2, 0.25) is 5.02 Å². The van der Waals surface area contributed by atoms with Gasteiger partial charge in [0.05, 0.1) is 5.02 Å². The molecule has 0 spiro atoms. The highest BCUT2D eigenvalue weighted by molar-refractivity contribution is 9.10. The average molecular weight is 341 g/mol. The summed E-state index contributed by atoms with van der Waals surface area (Å²) < 4.78 is 0.886. The van der Waals surface area contributed by atoms with Gasteiger partial charge in [-0.05, 0) is 42.8 Å². The number of hydrogen-bond donors (Lipinski definition) is 2. The Morgan fingerprint density at radius 2 is 2.00 bits per heavy atom. The van der Waals surface area contributed by atoms with Gasteiger partial charge in [-0.3, -0.25) is 4.79 Å². The Hall–Kier alpha value is -1.52. The van der Waals surface area contributed by atoms with Gasteiger partial charge in [0.25, 0.3) is 5.91 Å². The molecule has 2 N–H and O–H groups in total. The normalized spacial score (nSPS) is 10.3. The number of benzene rings is 2. The number of anilines is 1. The highest BCUT2D eigenvalue weighted by atomic mass is 79.9. The van der Waals surface area contributed by atoms with Crippen LogP contribution in [-0.2, 0) is 0 Å². The third-order valence-corrected chi connectivity index (χ3v) is 3.45. The van der Waals surface area contributed by atoms with Crippen molar-refractivity contribution in [1.82, 2.24) is 0 Å². The first kappa shape index (κ1) is 13.9. The Bertz CT molecular complexity index is 643. The first-order valence-electron chi connectivity index (χ1n) is 5.53. The van der Waals surface area contributed by atoms with Gasteiger partial charge < -0.3 is 10.4 Å². The number of aryl methyl sites for hydroxylation is 1. The van der Waals surface area contributed by atoms with E-state index >= 15 is 0 Å². The van der Waals surface area contributed by atoms with Crippen molar-refractivity contribution in [1.29, 1.82) is 0 Å². The van der Waals surface area contributed by atoms with Gasteiger partial charge in [0, 0.05) is 15.7 Å². The molecule has 0 saturated heterocycles.